The first-order valence-corrected chi connectivity index (χ1v) is 9.71. The summed E-state index contributed by atoms with van der Waals surface area (Å²) < 4.78 is 5.72. The largest absolute Gasteiger partial charge is 0.481 e. The van der Waals surface area contributed by atoms with Crippen molar-refractivity contribution < 1.29 is 9.53 Å². The molecule has 0 aliphatic heterocycles. The van der Waals surface area contributed by atoms with E-state index in [1.165, 1.54) is 4.90 Å². The van der Waals surface area contributed by atoms with Crippen LogP contribution < -0.4 is 4.74 Å². The van der Waals surface area contributed by atoms with Crippen molar-refractivity contribution in [3.8, 4) is 5.75 Å². The van der Waals surface area contributed by atoms with Gasteiger partial charge in [0.25, 0.3) is 5.91 Å². The van der Waals surface area contributed by atoms with E-state index < -0.39 is 0 Å². The minimum Gasteiger partial charge on any atom is -0.481 e. The van der Waals surface area contributed by atoms with Gasteiger partial charge in [0.05, 0.1) is 5.02 Å². The van der Waals surface area contributed by atoms with Gasteiger partial charge in [-0.1, -0.05) is 23.7 Å². The van der Waals surface area contributed by atoms with Gasteiger partial charge in [0.1, 0.15) is 11.3 Å². The number of rotatable bonds is 6. The van der Waals surface area contributed by atoms with Gasteiger partial charge in [0, 0.05) is 30.1 Å². The number of fused-ring (bicyclic) bond motifs is 1. The van der Waals surface area contributed by atoms with E-state index in [2.05, 4.69) is 17.1 Å². The van der Waals surface area contributed by atoms with Gasteiger partial charge in [-0.3, -0.25) is 9.78 Å². The maximum absolute atomic E-state index is 12.4. The van der Waals surface area contributed by atoms with Crippen molar-refractivity contribution >= 4 is 40.2 Å². The normalized spacial score (nSPS) is 10.7. The van der Waals surface area contributed by atoms with E-state index >= 15 is 0 Å². The molecule has 0 fully saturated rings. The lowest BCUT2D eigenvalue weighted by Crippen LogP contribution is -2.31. The average molecular weight is 387 g/mol. The first kappa shape index (κ1) is 18.5. The molecule has 0 radical (unpaired) electrons. The third kappa shape index (κ3) is 4.29. The first-order chi connectivity index (χ1) is 12.6. The van der Waals surface area contributed by atoms with Crippen LogP contribution in [0.25, 0.3) is 10.9 Å². The molecule has 3 aromatic rings. The molecule has 0 aliphatic rings. The fourth-order valence-electron chi connectivity index (χ4n) is 2.57. The van der Waals surface area contributed by atoms with Crippen LogP contribution in [0, 0.1) is 0 Å². The molecule has 6 heteroatoms. The standard InChI is InChI=1S/C20H19ClN2O2S/c1-23(12-14-5-7-15(26-2)8-6-14)19(24)13-25-18-10-9-17(21)16-4-3-11-22-20(16)18/h3-11H,12-13H2,1-2H3. The predicted octanol–water partition coefficient (Wildman–Crippen LogP) is 4.65. The Bertz CT molecular complexity index is 915. The van der Waals surface area contributed by atoms with Gasteiger partial charge >= 0.3 is 0 Å². The molecular weight excluding hydrogens is 368 g/mol. The van der Waals surface area contributed by atoms with Crippen molar-refractivity contribution in [2.45, 2.75) is 11.4 Å². The van der Waals surface area contributed by atoms with Crippen LogP contribution in [-0.4, -0.2) is 35.7 Å². The molecule has 134 valence electrons. The highest BCUT2D eigenvalue weighted by molar-refractivity contribution is 7.98. The molecule has 0 N–H and O–H groups in total. The summed E-state index contributed by atoms with van der Waals surface area (Å²) in [6.45, 7) is 0.489. The Morgan fingerprint density at radius 3 is 2.69 bits per heavy atom. The summed E-state index contributed by atoms with van der Waals surface area (Å²) in [6, 6.07) is 15.4. The van der Waals surface area contributed by atoms with E-state index in [1.807, 2.05) is 30.5 Å². The van der Waals surface area contributed by atoms with Gasteiger partial charge < -0.3 is 9.64 Å². The maximum Gasteiger partial charge on any atom is 0.260 e. The molecule has 0 spiro atoms. The zero-order chi connectivity index (χ0) is 18.5. The molecule has 1 amide bonds. The fourth-order valence-corrected chi connectivity index (χ4v) is 3.19. The molecule has 2 aromatic carbocycles. The van der Waals surface area contributed by atoms with Crippen molar-refractivity contribution in [1.29, 1.82) is 0 Å². The molecule has 0 bridgehead atoms. The van der Waals surface area contributed by atoms with Crippen LogP contribution >= 0.6 is 23.4 Å². The highest BCUT2D eigenvalue weighted by Crippen LogP contribution is 2.29. The number of pyridine rings is 1. The minimum absolute atomic E-state index is 0.0489. The summed E-state index contributed by atoms with van der Waals surface area (Å²) in [5.41, 5.74) is 1.74. The molecular formula is C20H19ClN2O2S. The fraction of sp³-hybridized carbons (Fsp3) is 0.200. The Balaban J connectivity index is 1.64. The van der Waals surface area contributed by atoms with Crippen molar-refractivity contribution in [1.82, 2.24) is 9.88 Å². The number of carbonyl (C=O) groups excluding carboxylic acids is 1. The van der Waals surface area contributed by atoms with Gasteiger partial charge in [-0.25, -0.2) is 0 Å². The van der Waals surface area contributed by atoms with Crippen LogP contribution in [0.3, 0.4) is 0 Å². The quantitative estimate of drug-likeness (QED) is 0.578. The summed E-state index contributed by atoms with van der Waals surface area (Å²) in [5.74, 6) is 0.453. The molecule has 26 heavy (non-hydrogen) atoms. The number of ether oxygens (including phenoxy) is 1. The lowest BCUT2D eigenvalue weighted by molar-refractivity contribution is -0.132. The zero-order valence-corrected chi connectivity index (χ0v) is 16.2. The number of nitrogens with zero attached hydrogens (tertiary/aromatic N) is 2. The number of aromatic nitrogens is 1. The monoisotopic (exact) mass is 386 g/mol. The molecule has 0 saturated heterocycles. The third-order valence-electron chi connectivity index (χ3n) is 4.04. The van der Waals surface area contributed by atoms with E-state index in [0.29, 0.717) is 22.8 Å². The third-order valence-corrected chi connectivity index (χ3v) is 5.11. The second-order valence-corrected chi connectivity index (χ2v) is 7.12. The lowest BCUT2D eigenvalue weighted by Gasteiger charge is -2.18. The van der Waals surface area contributed by atoms with Crippen molar-refractivity contribution in [2.75, 3.05) is 19.9 Å². The molecule has 3 rings (SSSR count). The highest BCUT2D eigenvalue weighted by Gasteiger charge is 2.13. The van der Waals surface area contributed by atoms with Crippen LogP contribution in [-0.2, 0) is 11.3 Å². The van der Waals surface area contributed by atoms with Crippen LogP contribution in [0.1, 0.15) is 5.56 Å². The number of amides is 1. The Kier molecular flexibility index (Phi) is 6.01. The van der Waals surface area contributed by atoms with E-state index in [9.17, 15) is 4.79 Å². The molecule has 4 nitrogen and oxygen atoms in total. The van der Waals surface area contributed by atoms with E-state index in [0.717, 1.165) is 10.9 Å². The Labute approximate surface area is 162 Å². The topological polar surface area (TPSA) is 42.4 Å². The Morgan fingerprint density at radius 1 is 1.19 bits per heavy atom. The summed E-state index contributed by atoms with van der Waals surface area (Å²) in [6.07, 6.45) is 3.72. The predicted molar refractivity (Wildman–Crippen MR) is 107 cm³/mol. The molecule has 0 saturated carbocycles. The van der Waals surface area contributed by atoms with Crippen molar-refractivity contribution in [2.24, 2.45) is 0 Å². The maximum atomic E-state index is 12.4. The zero-order valence-electron chi connectivity index (χ0n) is 14.6. The number of hydrogen-bond acceptors (Lipinski definition) is 4. The van der Waals surface area contributed by atoms with Gasteiger partial charge in [-0.05, 0) is 48.2 Å². The summed E-state index contributed by atoms with van der Waals surface area (Å²) >= 11 is 7.88. The van der Waals surface area contributed by atoms with Crippen molar-refractivity contribution in [3.63, 3.8) is 0 Å². The molecule has 0 unspecified atom stereocenters. The van der Waals surface area contributed by atoms with E-state index in [4.69, 9.17) is 16.3 Å². The van der Waals surface area contributed by atoms with E-state index in [-0.39, 0.29) is 12.5 Å². The minimum atomic E-state index is -0.0991. The number of carbonyl (C=O) groups is 1. The Hall–Kier alpha value is -2.24. The second-order valence-electron chi connectivity index (χ2n) is 5.83. The molecule has 0 aliphatic carbocycles. The van der Waals surface area contributed by atoms with Crippen LogP contribution in [0.2, 0.25) is 5.02 Å². The first-order valence-electron chi connectivity index (χ1n) is 8.11. The molecule has 1 aromatic heterocycles. The van der Waals surface area contributed by atoms with Gasteiger partial charge in [-0.15, -0.1) is 11.8 Å². The van der Waals surface area contributed by atoms with Crippen LogP contribution in [0.15, 0.2) is 59.6 Å². The number of likely N-dealkylation sites (N-methyl/N-ethyl adjacent to an activating group) is 1. The number of halogens is 1. The Morgan fingerprint density at radius 2 is 1.96 bits per heavy atom. The summed E-state index contributed by atoms with van der Waals surface area (Å²) in [4.78, 5) is 19.6. The van der Waals surface area contributed by atoms with Gasteiger partial charge in [0.15, 0.2) is 6.61 Å². The highest BCUT2D eigenvalue weighted by atomic mass is 35.5. The second kappa shape index (κ2) is 8.43. The molecule has 0 atom stereocenters. The number of hydrogen-bond donors (Lipinski definition) is 0. The lowest BCUT2D eigenvalue weighted by atomic mass is 10.2. The number of benzene rings is 2. The average Bonchev–Trinajstić information content (AvgIpc) is 2.68. The summed E-state index contributed by atoms with van der Waals surface area (Å²) in [7, 11) is 1.77. The molecule has 1 heterocycles. The van der Waals surface area contributed by atoms with E-state index in [1.54, 1.807) is 42.0 Å². The SMILES string of the molecule is CSc1ccc(CN(C)C(=O)COc2ccc(Cl)c3cccnc23)cc1. The van der Waals surface area contributed by atoms with Crippen LogP contribution in [0.5, 0.6) is 5.75 Å². The summed E-state index contributed by atoms with van der Waals surface area (Å²) in [5, 5.41) is 1.42. The van der Waals surface area contributed by atoms with Crippen molar-refractivity contribution in [3.05, 3.63) is 65.3 Å². The van der Waals surface area contributed by atoms with Gasteiger partial charge in [-0.2, -0.15) is 0 Å². The van der Waals surface area contributed by atoms with Crippen LogP contribution in [0.4, 0.5) is 0 Å². The smallest absolute Gasteiger partial charge is 0.260 e. The van der Waals surface area contributed by atoms with Gasteiger partial charge in [0.2, 0.25) is 0 Å². The number of thioether (sulfide) groups is 1.